The summed E-state index contributed by atoms with van der Waals surface area (Å²) in [7, 11) is 2.23. The van der Waals surface area contributed by atoms with Gasteiger partial charge in [0.25, 0.3) is 0 Å². The SMILES string of the molecule is CN1[C@H]2CC[C@@H]1[C@@H](COc1ccc3c(c1)OCO3)[C@@H](c1ccc(F)cc1)C2. The molecule has 3 aliphatic rings. The predicted octanol–water partition coefficient (Wildman–Crippen LogP) is 4.20. The minimum atomic E-state index is -0.178. The van der Waals surface area contributed by atoms with Gasteiger partial charge in [0.15, 0.2) is 11.5 Å². The molecule has 2 fully saturated rings. The molecule has 0 spiro atoms. The van der Waals surface area contributed by atoms with Crippen molar-refractivity contribution >= 4 is 0 Å². The molecule has 142 valence electrons. The first-order chi connectivity index (χ1) is 13.2. The van der Waals surface area contributed by atoms with Crippen molar-refractivity contribution in [1.29, 1.82) is 0 Å². The van der Waals surface area contributed by atoms with Crippen molar-refractivity contribution in [2.24, 2.45) is 5.92 Å². The summed E-state index contributed by atoms with van der Waals surface area (Å²) in [5.74, 6) is 2.91. The molecule has 27 heavy (non-hydrogen) atoms. The molecule has 0 aliphatic carbocycles. The van der Waals surface area contributed by atoms with E-state index >= 15 is 0 Å². The second-order valence-electron chi connectivity index (χ2n) is 7.85. The highest BCUT2D eigenvalue weighted by Crippen LogP contribution is 2.46. The summed E-state index contributed by atoms with van der Waals surface area (Å²) in [6.45, 7) is 0.908. The molecule has 5 heteroatoms. The minimum Gasteiger partial charge on any atom is -0.493 e. The molecule has 4 atom stereocenters. The van der Waals surface area contributed by atoms with E-state index in [0.717, 1.165) is 23.7 Å². The molecule has 3 aliphatic heterocycles. The van der Waals surface area contributed by atoms with Crippen LogP contribution in [0.1, 0.15) is 30.7 Å². The molecule has 0 N–H and O–H groups in total. The molecule has 0 amide bonds. The molecular formula is C22H24FNO3. The number of halogens is 1. The van der Waals surface area contributed by atoms with Crippen LogP contribution in [0.2, 0.25) is 0 Å². The number of rotatable bonds is 4. The molecule has 2 aromatic rings. The van der Waals surface area contributed by atoms with E-state index < -0.39 is 0 Å². The van der Waals surface area contributed by atoms with E-state index in [1.54, 1.807) is 12.1 Å². The van der Waals surface area contributed by atoms with E-state index in [4.69, 9.17) is 14.2 Å². The maximum Gasteiger partial charge on any atom is 0.231 e. The standard InChI is InChI=1S/C22H24FNO3/c1-24-16-6-8-20(24)19(18(10-16)14-2-4-15(23)5-3-14)12-25-17-7-9-21-22(11-17)27-13-26-21/h2-5,7,9,11,16,18-20H,6,8,10,12-13H2,1H3/t16-,18+,19-,20+/m0/s1. The van der Waals surface area contributed by atoms with E-state index in [-0.39, 0.29) is 12.6 Å². The fraction of sp³-hybridized carbons (Fsp3) is 0.455. The highest BCUT2D eigenvalue weighted by molar-refractivity contribution is 5.46. The zero-order valence-corrected chi connectivity index (χ0v) is 15.4. The van der Waals surface area contributed by atoms with Crippen molar-refractivity contribution < 1.29 is 18.6 Å². The Bertz CT molecular complexity index is 825. The molecule has 0 saturated carbocycles. The first-order valence-electron chi connectivity index (χ1n) is 9.69. The van der Waals surface area contributed by atoms with Gasteiger partial charge in [-0.1, -0.05) is 12.1 Å². The summed E-state index contributed by atoms with van der Waals surface area (Å²) < 4.78 is 30.4. The topological polar surface area (TPSA) is 30.9 Å². The van der Waals surface area contributed by atoms with Crippen molar-refractivity contribution in [2.45, 2.75) is 37.3 Å². The fourth-order valence-corrected chi connectivity index (χ4v) is 5.06. The first kappa shape index (κ1) is 16.9. The van der Waals surface area contributed by atoms with Crippen LogP contribution >= 0.6 is 0 Å². The first-order valence-corrected chi connectivity index (χ1v) is 9.69. The normalized spacial score (nSPS) is 29.1. The quantitative estimate of drug-likeness (QED) is 0.808. The highest BCUT2D eigenvalue weighted by atomic mass is 19.1. The number of hydrogen-bond acceptors (Lipinski definition) is 4. The van der Waals surface area contributed by atoms with Gasteiger partial charge in [-0.15, -0.1) is 0 Å². The van der Waals surface area contributed by atoms with Crippen molar-refractivity contribution in [1.82, 2.24) is 4.90 Å². The van der Waals surface area contributed by atoms with Gasteiger partial charge in [-0.25, -0.2) is 4.39 Å². The van der Waals surface area contributed by atoms with E-state index in [1.807, 2.05) is 30.3 Å². The molecule has 5 rings (SSSR count). The Kier molecular flexibility index (Phi) is 4.20. The Hall–Kier alpha value is -2.27. The number of benzene rings is 2. The predicted molar refractivity (Wildman–Crippen MR) is 99.9 cm³/mol. The Balaban J connectivity index is 1.37. The van der Waals surface area contributed by atoms with E-state index in [0.29, 0.717) is 30.5 Å². The third-order valence-corrected chi connectivity index (χ3v) is 6.52. The number of piperidine rings is 1. The number of nitrogens with zero attached hydrogens (tertiary/aromatic N) is 1. The van der Waals surface area contributed by atoms with Gasteiger partial charge in [-0.05, 0) is 62.1 Å². The summed E-state index contributed by atoms with van der Waals surface area (Å²) in [6, 6.07) is 13.9. The summed E-state index contributed by atoms with van der Waals surface area (Å²) in [6.07, 6.45) is 3.54. The molecule has 3 heterocycles. The van der Waals surface area contributed by atoms with Crippen molar-refractivity contribution in [3.8, 4) is 17.2 Å². The number of fused-ring (bicyclic) bond motifs is 3. The maximum absolute atomic E-state index is 13.4. The second kappa shape index (κ2) is 6.71. The summed E-state index contributed by atoms with van der Waals surface area (Å²) in [5.41, 5.74) is 1.22. The molecule has 2 aromatic carbocycles. The van der Waals surface area contributed by atoms with Crippen molar-refractivity contribution in [3.63, 3.8) is 0 Å². The monoisotopic (exact) mass is 369 g/mol. The zero-order chi connectivity index (χ0) is 18.4. The molecule has 0 aromatic heterocycles. The van der Waals surface area contributed by atoms with Gasteiger partial charge in [-0.2, -0.15) is 0 Å². The Labute approximate surface area is 158 Å². The number of hydrogen-bond donors (Lipinski definition) is 0. The lowest BCUT2D eigenvalue weighted by atomic mass is 9.76. The van der Waals surface area contributed by atoms with Crippen LogP contribution in [0.25, 0.3) is 0 Å². The minimum absolute atomic E-state index is 0.178. The Morgan fingerprint density at radius 2 is 1.89 bits per heavy atom. The lowest BCUT2D eigenvalue weighted by Gasteiger charge is -2.43. The molecular weight excluding hydrogens is 345 g/mol. The van der Waals surface area contributed by atoms with E-state index in [1.165, 1.54) is 18.4 Å². The average molecular weight is 369 g/mol. The Morgan fingerprint density at radius 1 is 1.07 bits per heavy atom. The number of ether oxygens (including phenoxy) is 3. The lowest BCUT2D eigenvalue weighted by molar-refractivity contribution is 0.0665. The van der Waals surface area contributed by atoms with Gasteiger partial charge in [0, 0.05) is 24.1 Å². The van der Waals surface area contributed by atoms with Crippen molar-refractivity contribution in [3.05, 3.63) is 53.8 Å². The van der Waals surface area contributed by atoms with Crippen LogP contribution in [0.3, 0.4) is 0 Å². The summed E-state index contributed by atoms with van der Waals surface area (Å²) >= 11 is 0. The average Bonchev–Trinajstić information content (AvgIpc) is 3.23. The van der Waals surface area contributed by atoms with Crippen LogP contribution in [-0.2, 0) is 0 Å². The van der Waals surface area contributed by atoms with Crippen molar-refractivity contribution in [2.75, 3.05) is 20.4 Å². The van der Waals surface area contributed by atoms with Gasteiger partial charge in [-0.3, -0.25) is 0 Å². The van der Waals surface area contributed by atoms with Crippen LogP contribution in [-0.4, -0.2) is 37.4 Å². The summed E-state index contributed by atoms with van der Waals surface area (Å²) in [4.78, 5) is 2.52. The van der Waals surface area contributed by atoms with Gasteiger partial charge < -0.3 is 19.1 Å². The van der Waals surface area contributed by atoms with Crippen LogP contribution in [0.4, 0.5) is 4.39 Å². The zero-order valence-electron chi connectivity index (χ0n) is 15.4. The van der Waals surface area contributed by atoms with E-state index in [2.05, 4.69) is 11.9 Å². The molecule has 0 unspecified atom stereocenters. The maximum atomic E-state index is 13.4. The van der Waals surface area contributed by atoms with Crippen LogP contribution < -0.4 is 14.2 Å². The van der Waals surface area contributed by atoms with Gasteiger partial charge in [0.1, 0.15) is 11.6 Å². The van der Waals surface area contributed by atoms with Crippen LogP contribution in [0.15, 0.2) is 42.5 Å². The molecule has 2 bridgehead atoms. The molecule has 0 radical (unpaired) electrons. The van der Waals surface area contributed by atoms with Crippen LogP contribution in [0, 0.1) is 11.7 Å². The highest BCUT2D eigenvalue weighted by Gasteiger charge is 2.46. The third-order valence-electron chi connectivity index (χ3n) is 6.52. The second-order valence-corrected chi connectivity index (χ2v) is 7.85. The molecule has 2 saturated heterocycles. The van der Waals surface area contributed by atoms with Gasteiger partial charge in [0.05, 0.1) is 6.61 Å². The third kappa shape index (κ3) is 3.04. The summed E-state index contributed by atoms with van der Waals surface area (Å²) in [5, 5.41) is 0. The van der Waals surface area contributed by atoms with Gasteiger partial charge in [0.2, 0.25) is 6.79 Å². The van der Waals surface area contributed by atoms with Gasteiger partial charge >= 0.3 is 0 Å². The van der Waals surface area contributed by atoms with E-state index in [9.17, 15) is 4.39 Å². The molecule has 4 nitrogen and oxygen atoms in total. The fourth-order valence-electron chi connectivity index (χ4n) is 5.06. The Morgan fingerprint density at radius 3 is 2.74 bits per heavy atom. The lowest BCUT2D eigenvalue weighted by Crippen LogP contribution is -2.47. The van der Waals surface area contributed by atoms with Crippen LogP contribution in [0.5, 0.6) is 17.2 Å². The largest absolute Gasteiger partial charge is 0.493 e. The smallest absolute Gasteiger partial charge is 0.231 e.